The smallest absolute Gasteiger partial charge is 0.716 e. The Kier molecular flexibility index (Phi) is 20.2. The van der Waals surface area contributed by atoms with Gasteiger partial charge in [0.25, 0.3) is 10.4 Å². The Bertz CT molecular complexity index is 531. The maximum absolute atomic E-state index is 11.2. The molecule has 0 bridgehead atoms. The molecule has 0 radical (unpaired) electrons. The molecule has 0 spiro atoms. The van der Waals surface area contributed by atoms with Crippen LogP contribution in [-0.4, -0.2) is 77.0 Å². The molecule has 4 atom stereocenters. The van der Waals surface area contributed by atoms with Gasteiger partial charge < -0.3 is 33.9 Å². The van der Waals surface area contributed by atoms with E-state index in [0.717, 1.165) is 25.7 Å². The van der Waals surface area contributed by atoms with Gasteiger partial charge in [-0.3, -0.25) is 0 Å². The summed E-state index contributed by atoms with van der Waals surface area (Å²) in [6, 6.07) is 0. The summed E-state index contributed by atoms with van der Waals surface area (Å²) in [5.41, 5.74) is 0. The minimum absolute atomic E-state index is 0. The topological polar surface area (TPSA) is 174 Å². The standard InChI is InChI=1S/C18H36O10S.Na/c1-2-3-4-5-6-7-8-9-10-11-12-27-13-14(19)15(20)16(21)17(22)18(23)28-29(24,25)26;/h14-17,19-22H,2-13H2,1H3,(H,24,25,26);/q;+1/p-1/t14-,15-,16+,17-;/m1./s1. The van der Waals surface area contributed by atoms with Crippen molar-refractivity contribution in [3.63, 3.8) is 0 Å². The van der Waals surface area contributed by atoms with Gasteiger partial charge in [-0.1, -0.05) is 64.7 Å². The first-order chi connectivity index (χ1) is 13.6. The largest absolute Gasteiger partial charge is 1.00 e. The van der Waals surface area contributed by atoms with E-state index in [1.165, 1.54) is 38.5 Å². The van der Waals surface area contributed by atoms with Crippen LogP contribution in [0.5, 0.6) is 0 Å². The van der Waals surface area contributed by atoms with Crippen molar-refractivity contribution in [2.45, 2.75) is 95.5 Å². The van der Waals surface area contributed by atoms with Gasteiger partial charge in [0.05, 0.1) is 6.61 Å². The molecule has 0 amide bonds. The minimum Gasteiger partial charge on any atom is -0.716 e. The minimum atomic E-state index is -5.42. The molecule has 0 saturated heterocycles. The molecule has 0 heterocycles. The number of ether oxygens (including phenoxy) is 1. The predicted molar refractivity (Wildman–Crippen MR) is 102 cm³/mol. The van der Waals surface area contributed by atoms with Gasteiger partial charge in [0.15, 0.2) is 6.10 Å². The third-order valence-corrected chi connectivity index (χ3v) is 4.79. The molecule has 0 aliphatic rings. The van der Waals surface area contributed by atoms with Gasteiger partial charge in [0.1, 0.15) is 18.3 Å². The molecule has 0 aromatic rings. The first kappa shape index (κ1) is 32.4. The molecular weight excluding hydrogens is 431 g/mol. The van der Waals surface area contributed by atoms with Gasteiger partial charge in [-0.05, 0) is 6.42 Å². The van der Waals surface area contributed by atoms with E-state index in [1.807, 2.05) is 0 Å². The molecule has 0 unspecified atom stereocenters. The molecule has 0 aliphatic heterocycles. The zero-order chi connectivity index (χ0) is 22.3. The fourth-order valence-electron chi connectivity index (χ4n) is 2.70. The number of carbonyl (C=O) groups excluding carboxylic acids is 1. The Labute approximate surface area is 201 Å². The number of hydrogen-bond donors (Lipinski definition) is 4. The molecule has 30 heavy (non-hydrogen) atoms. The summed E-state index contributed by atoms with van der Waals surface area (Å²) in [5.74, 6) is -1.95. The molecule has 174 valence electrons. The first-order valence-corrected chi connectivity index (χ1v) is 11.4. The fourth-order valence-corrected chi connectivity index (χ4v) is 3.00. The van der Waals surface area contributed by atoms with Crippen LogP contribution >= 0.6 is 0 Å². The molecule has 0 saturated carbocycles. The second-order valence-corrected chi connectivity index (χ2v) is 8.04. The number of hydrogen-bond acceptors (Lipinski definition) is 10. The fraction of sp³-hybridized carbons (Fsp3) is 0.944. The number of aliphatic hydroxyl groups excluding tert-OH is 4. The third kappa shape index (κ3) is 16.8. The average Bonchev–Trinajstić information content (AvgIpc) is 2.65. The van der Waals surface area contributed by atoms with Crippen LogP contribution in [0.2, 0.25) is 0 Å². The molecule has 0 rings (SSSR count). The van der Waals surface area contributed by atoms with Gasteiger partial charge in [-0.2, -0.15) is 0 Å². The van der Waals surface area contributed by atoms with E-state index < -0.39 is 40.8 Å². The van der Waals surface area contributed by atoms with E-state index in [9.17, 15) is 38.2 Å². The summed E-state index contributed by atoms with van der Waals surface area (Å²) >= 11 is 0. The van der Waals surface area contributed by atoms with Crippen molar-refractivity contribution in [2.24, 2.45) is 0 Å². The Morgan fingerprint density at radius 2 is 1.33 bits per heavy atom. The van der Waals surface area contributed by atoms with Crippen molar-refractivity contribution >= 4 is 16.4 Å². The van der Waals surface area contributed by atoms with Crippen LogP contribution in [0.25, 0.3) is 0 Å². The summed E-state index contributed by atoms with van der Waals surface area (Å²) in [5, 5.41) is 38.4. The van der Waals surface area contributed by atoms with Crippen molar-refractivity contribution < 1.29 is 76.7 Å². The summed E-state index contributed by atoms with van der Waals surface area (Å²) in [6.07, 6.45) is 3.10. The van der Waals surface area contributed by atoms with Crippen LogP contribution in [0.4, 0.5) is 0 Å². The summed E-state index contributed by atoms with van der Waals surface area (Å²) < 4.78 is 39.4. The molecule has 4 N–H and O–H groups in total. The van der Waals surface area contributed by atoms with Crippen LogP contribution in [0, 0.1) is 0 Å². The van der Waals surface area contributed by atoms with E-state index >= 15 is 0 Å². The zero-order valence-corrected chi connectivity index (χ0v) is 20.8. The first-order valence-electron chi connectivity index (χ1n) is 10.1. The second kappa shape index (κ2) is 18.7. The summed E-state index contributed by atoms with van der Waals surface area (Å²) in [6.45, 7) is 2.15. The van der Waals surface area contributed by atoms with Gasteiger partial charge in [-0.25, -0.2) is 13.2 Å². The number of unbranched alkanes of at least 4 members (excludes halogenated alkanes) is 9. The second-order valence-electron chi connectivity index (χ2n) is 7.06. The molecule has 10 nitrogen and oxygen atoms in total. The van der Waals surface area contributed by atoms with E-state index in [4.69, 9.17) is 4.74 Å². The van der Waals surface area contributed by atoms with Gasteiger partial charge in [0, 0.05) is 6.61 Å². The maximum atomic E-state index is 11.2. The van der Waals surface area contributed by atoms with Crippen molar-refractivity contribution in [1.82, 2.24) is 0 Å². The monoisotopic (exact) mass is 466 g/mol. The molecule has 0 aromatic carbocycles. The van der Waals surface area contributed by atoms with Gasteiger partial charge >= 0.3 is 35.5 Å². The van der Waals surface area contributed by atoms with Crippen molar-refractivity contribution in [2.75, 3.05) is 13.2 Å². The SMILES string of the molecule is CCCCCCCCCCCCOC[C@@H](O)[C@@H](O)[C@H](O)[C@@H](O)C(=O)OS(=O)(=O)[O-].[Na+]. The van der Waals surface area contributed by atoms with Gasteiger partial charge in [-0.15, -0.1) is 0 Å². The van der Waals surface area contributed by atoms with Crippen molar-refractivity contribution in [3.05, 3.63) is 0 Å². The molecule has 0 fully saturated rings. The van der Waals surface area contributed by atoms with Crippen LogP contribution in [0.3, 0.4) is 0 Å². The van der Waals surface area contributed by atoms with Crippen molar-refractivity contribution in [3.8, 4) is 0 Å². The van der Waals surface area contributed by atoms with Crippen molar-refractivity contribution in [1.29, 1.82) is 0 Å². The van der Waals surface area contributed by atoms with Crippen LogP contribution < -0.4 is 29.6 Å². The van der Waals surface area contributed by atoms with E-state index in [-0.39, 0.29) is 36.2 Å². The summed E-state index contributed by atoms with van der Waals surface area (Å²) in [7, 11) is -5.42. The Balaban J connectivity index is 0. The number of carbonyl (C=O) groups is 1. The Morgan fingerprint density at radius 1 is 0.867 bits per heavy atom. The number of aliphatic hydroxyl groups is 4. The molecule has 0 aliphatic carbocycles. The molecular formula is C18H35NaO10S. The van der Waals surface area contributed by atoms with Crippen LogP contribution in [0.15, 0.2) is 0 Å². The van der Waals surface area contributed by atoms with Crippen LogP contribution in [-0.2, 0) is 24.1 Å². The van der Waals surface area contributed by atoms with Crippen LogP contribution in [0.1, 0.15) is 71.1 Å². The van der Waals surface area contributed by atoms with E-state index in [1.54, 1.807) is 0 Å². The Morgan fingerprint density at radius 3 is 1.80 bits per heavy atom. The summed E-state index contributed by atoms with van der Waals surface area (Å²) in [4.78, 5) is 11.2. The third-order valence-electron chi connectivity index (χ3n) is 4.42. The zero-order valence-electron chi connectivity index (χ0n) is 17.9. The number of rotatable bonds is 18. The maximum Gasteiger partial charge on any atom is 1.00 e. The normalized spacial score (nSPS) is 15.7. The Hall–Kier alpha value is 0.180. The van der Waals surface area contributed by atoms with E-state index in [0.29, 0.717) is 6.61 Å². The average molecular weight is 467 g/mol. The quantitative estimate of drug-likeness (QED) is 0.0724. The van der Waals surface area contributed by atoms with Gasteiger partial charge in [0.2, 0.25) is 0 Å². The molecule has 0 aromatic heterocycles. The molecule has 12 heteroatoms. The predicted octanol–water partition coefficient (Wildman–Crippen LogP) is -2.63. The van der Waals surface area contributed by atoms with E-state index in [2.05, 4.69) is 11.1 Å².